The van der Waals surface area contributed by atoms with Crippen molar-refractivity contribution in [2.45, 2.75) is 11.3 Å². The SMILES string of the molecule is NS(=O)(=O)c1ccc(CCNC(=O)Nc2cc(O)cc(O)c2)cc1. The van der Waals surface area contributed by atoms with Gasteiger partial charge in [-0.2, -0.15) is 0 Å². The molecule has 0 aliphatic heterocycles. The van der Waals surface area contributed by atoms with E-state index in [0.717, 1.165) is 11.6 Å². The Morgan fingerprint density at radius 2 is 1.62 bits per heavy atom. The highest BCUT2D eigenvalue weighted by Crippen LogP contribution is 2.23. The van der Waals surface area contributed by atoms with E-state index >= 15 is 0 Å². The molecule has 6 N–H and O–H groups in total. The van der Waals surface area contributed by atoms with E-state index in [4.69, 9.17) is 5.14 Å². The zero-order valence-corrected chi connectivity index (χ0v) is 13.4. The molecule has 0 atom stereocenters. The maximum atomic E-state index is 11.7. The number of phenolic OH excluding ortho intramolecular Hbond substituents is 2. The van der Waals surface area contributed by atoms with Crippen molar-refractivity contribution in [3.8, 4) is 11.5 Å². The molecule has 8 nitrogen and oxygen atoms in total. The quantitative estimate of drug-likeness (QED) is 0.548. The maximum absolute atomic E-state index is 11.7. The zero-order valence-electron chi connectivity index (χ0n) is 12.6. The molecule has 0 aliphatic rings. The van der Waals surface area contributed by atoms with E-state index < -0.39 is 16.1 Å². The smallest absolute Gasteiger partial charge is 0.319 e. The van der Waals surface area contributed by atoms with Crippen molar-refractivity contribution in [1.29, 1.82) is 0 Å². The minimum Gasteiger partial charge on any atom is -0.508 e. The van der Waals surface area contributed by atoms with Crippen molar-refractivity contribution in [2.24, 2.45) is 5.14 Å². The third kappa shape index (κ3) is 5.14. The fraction of sp³-hybridized carbons (Fsp3) is 0.133. The summed E-state index contributed by atoms with van der Waals surface area (Å²) in [5.74, 6) is -0.333. The highest BCUT2D eigenvalue weighted by atomic mass is 32.2. The zero-order chi connectivity index (χ0) is 17.7. The number of rotatable bonds is 5. The summed E-state index contributed by atoms with van der Waals surface area (Å²) in [5.41, 5.74) is 1.08. The summed E-state index contributed by atoms with van der Waals surface area (Å²) in [7, 11) is -3.72. The Bertz CT molecular complexity index is 814. The summed E-state index contributed by atoms with van der Waals surface area (Å²) in [5, 5.41) is 28.7. The van der Waals surface area contributed by atoms with Crippen LogP contribution in [0.2, 0.25) is 0 Å². The van der Waals surface area contributed by atoms with Crippen LogP contribution < -0.4 is 15.8 Å². The molecule has 24 heavy (non-hydrogen) atoms. The van der Waals surface area contributed by atoms with Gasteiger partial charge in [0.15, 0.2) is 0 Å². The summed E-state index contributed by atoms with van der Waals surface area (Å²) in [6, 6.07) is 9.28. The molecule has 2 aromatic carbocycles. The molecule has 2 rings (SSSR count). The van der Waals surface area contributed by atoms with E-state index in [1.165, 1.54) is 24.3 Å². The lowest BCUT2D eigenvalue weighted by molar-refractivity contribution is 0.252. The average Bonchev–Trinajstić information content (AvgIpc) is 2.45. The van der Waals surface area contributed by atoms with E-state index in [1.807, 2.05) is 0 Å². The first kappa shape index (κ1) is 17.6. The number of anilines is 1. The van der Waals surface area contributed by atoms with Gasteiger partial charge < -0.3 is 20.8 Å². The van der Waals surface area contributed by atoms with Crippen LogP contribution in [-0.4, -0.2) is 31.2 Å². The number of benzene rings is 2. The molecule has 0 bridgehead atoms. The van der Waals surface area contributed by atoms with E-state index in [1.54, 1.807) is 12.1 Å². The van der Waals surface area contributed by atoms with Gasteiger partial charge in [0.1, 0.15) is 11.5 Å². The standard InChI is InChI=1S/C15H17N3O5S/c16-24(22,23)14-3-1-10(2-4-14)5-6-17-15(21)18-11-7-12(19)9-13(20)8-11/h1-4,7-9,19-20H,5-6H2,(H2,16,22,23)(H2,17,18,21). The minimum atomic E-state index is -3.72. The maximum Gasteiger partial charge on any atom is 0.319 e. The predicted molar refractivity (Wildman–Crippen MR) is 88.3 cm³/mol. The number of carbonyl (C=O) groups excluding carboxylic acids is 1. The summed E-state index contributed by atoms with van der Waals surface area (Å²) in [6.07, 6.45) is 0.490. The van der Waals surface area contributed by atoms with Gasteiger partial charge in [-0.15, -0.1) is 0 Å². The second-order valence-electron chi connectivity index (χ2n) is 5.06. The molecule has 0 aromatic heterocycles. The highest BCUT2D eigenvalue weighted by molar-refractivity contribution is 7.89. The van der Waals surface area contributed by atoms with Gasteiger partial charge in [-0.1, -0.05) is 12.1 Å². The van der Waals surface area contributed by atoms with E-state index in [0.29, 0.717) is 13.0 Å². The Hall–Kier alpha value is -2.78. The number of carbonyl (C=O) groups is 1. The van der Waals surface area contributed by atoms with Crippen molar-refractivity contribution in [2.75, 3.05) is 11.9 Å². The second-order valence-corrected chi connectivity index (χ2v) is 6.62. The van der Waals surface area contributed by atoms with E-state index in [-0.39, 0.29) is 22.1 Å². The van der Waals surface area contributed by atoms with Gasteiger partial charge in [0.25, 0.3) is 0 Å². The van der Waals surface area contributed by atoms with Crippen molar-refractivity contribution < 1.29 is 23.4 Å². The molecule has 0 fully saturated rings. The molecule has 0 aliphatic carbocycles. The summed E-state index contributed by atoms with van der Waals surface area (Å²) in [4.78, 5) is 11.8. The molecular formula is C15H17N3O5S. The fourth-order valence-electron chi connectivity index (χ4n) is 2.01. The number of hydrogen-bond donors (Lipinski definition) is 5. The molecule has 0 heterocycles. The van der Waals surface area contributed by atoms with Gasteiger partial charge in [-0.25, -0.2) is 18.4 Å². The molecule has 9 heteroatoms. The Labute approximate surface area is 139 Å². The van der Waals surface area contributed by atoms with Crippen LogP contribution in [0.25, 0.3) is 0 Å². The molecule has 0 radical (unpaired) electrons. The molecule has 0 saturated heterocycles. The number of urea groups is 1. The van der Waals surface area contributed by atoms with Gasteiger partial charge in [0.05, 0.1) is 4.90 Å². The average molecular weight is 351 g/mol. The lowest BCUT2D eigenvalue weighted by atomic mass is 10.1. The Morgan fingerprint density at radius 3 is 2.17 bits per heavy atom. The molecule has 128 valence electrons. The van der Waals surface area contributed by atoms with Crippen LogP contribution >= 0.6 is 0 Å². The van der Waals surface area contributed by atoms with E-state index in [2.05, 4.69) is 10.6 Å². The number of nitrogens with two attached hydrogens (primary N) is 1. The first-order valence-corrected chi connectivity index (χ1v) is 8.48. The van der Waals surface area contributed by atoms with Crippen molar-refractivity contribution in [1.82, 2.24) is 5.32 Å². The lowest BCUT2D eigenvalue weighted by Gasteiger charge is -2.09. The van der Waals surface area contributed by atoms with Crippen molar-refractivity contribution in [3.63, 3.8) is 0 Å². The van der Waals surface area contributed by atoms with Crippen molar-refractivity contribution in [3.05, 3.63) is 48.0 Å². The number of aromatic hydroxyl groups is 2. The number of primary sulfonamides is 1. The van der Waals surface area contributed by atoms with Gasteiger partial charge in [0.2, 0.25) is 10.0 Å². The first-order chi connectivity index (χ1) is 11.2. The normalized spacial score (nSPS) is 11.0. The van der Waals surface area contributed by atoms with Crippen LogP contribution in [-0.2, 0) is 16.4 Å². The number of sulfonamides is 1. The van der Waals surface area contributed by atoms with Crippen LogP contribution in [0, 0.1) is 0 Å². The van der Waals surface area contributed by atoms with Gasteiger partial charge in [-0.05, 0) is 24.1 Å². The molecule has 2 aromatic rings. The van der Waals surface area contributed by atoms with Crippen molar-refractivity contribution >= 4 is 21.7 Å². The first-order valence-electron chi connectivity index (χ1n) is 6.94. The van der Waals surface area contributed by atoms with Crippen LogP contribution in [0.4, 0.5) is 10.5 Å². The largest absolute Gasteiger partial charge is 0.508 e. The molecular weight excluding hydrogens is 334 g/mol. The highest BCUT2D eigenvalue weighted by Gasteiger charge is 2.07. The van der Waals surface area contributed by atoms with Crippen LogP contribution in [0.1, 0.15) is 5.56 Å². The number of phenols is 2. The third-order valence-corrected chi connectivity index (χ3v) is 4.04. The number of hydrogen-bond acceptors (Lipinski definition) is 5. The topological polar surface area (TPSA) is 142 Å². The Morgan fingerprint density at radius 1 is 1.04 bits per heavy atom. The van der Waals surface area contributed by atoms with Gasteiger partial charge in [0, 0.05) is 30.4 Å². The van der Waals surface area contributed by atoms with Crippen LogP contribution in [0.5, 0.6) is 11.5 Å². The Kier molecular flexibility index (Phi) is 5.27. The number of nitrogens with one attached hydrogen (secondary N) is 2. The van der Waals surface area contributed by atoms with Gasteiger partial charge in [-0.3, -0.25) is 0 Å². The molecule has 2 amide bonds. The van der Waals surface area contributed by atoms with Gasteiger partial charge >= 0.3 is 6.03 Å². The summed E-state index contributed by atoms with van der Waals surface area (Å²) >= 11 is 0. The lowest BCUT2D eigenvalue weighted by Crippen LogP contribution is -2.30. The van der Waals surface area contributed by atoms with Crippen LogP contribution in [0.3, 0.4) is 0 Å². The monoisotopic (exact) mass is 351 g/mol. The van der Waals surface area contributed by atoms with Crippen LogP contribution in [0.15, 0.2) is 47.4 Å². The second kappa shape index (κ2) is 7.20. The van der Waals surface area contributed by atoms with E-state index in [9.17, 15) is 23.4 Å². The minimum absolute atomic E-state index is 0.0284. The molecule has 0 spiro atoms. The third-order valence-electron chi connectivity index (χ3n) is 3.11. The predicted octanol–water partition coefficient (Wildman–Crippen LogP) is 1.11. The molecule has 0 unspecified atom stereocenters. The number of amides is 2. The summed E-state index contributed by atoms with van der Waals surface area (Å²) < 4.78 is 22.3. The fourth-order valence-corrected chi connectivity index (χ4v) is 2.52. The molecule has 0 saturated carbocycles. The summed E-state index contributed by atoms with van der Waals surface area (Å²) in [6.45, 7) is 0.311. The Balaban J connectivity index is 1.84.